The highest BCUT2D eigenvalue weighted by Crippen LogP contribution is 2.40. The van der Waals surface area contributed by atoms with Crippen LogP contribution >= 0.6 is 0 Å². The number of benzene rings is 2. The van der Waals surface area contributed by atoms with Gasteiger partial charge in [-0.25, -0.2) is 9.97 Å². The number of nitrogens with zero attached hydrogens (tertiary/aromatic N) is 5. The minimum absolute atomic E-state index is 0.870. The van der Waals surface area contributed by atoms with Crippen LogP contribution in [-0.2, 0) is 6.42 Å². The first-order valence-corrected chi connectivity index (χ1v) is 10.7. The second kappa shape index (κ2) is 6.88. The van der Waals surface area contributed by atoms with Crippen LogP contribution in [0.15, 0.2) is 42.7 Å². The number of nitrogens with one attached hydrogen (secondary N) is 1. The van der Waals surface area contributed by atoms with Gasteiger partial charge in [-0.05, 0) is 56.1 Å². The van der Waals surface area contributed by atoms with Crippen molar-refractivity contribution in [2.45, 2.75) is 19.3 Å². The normalized spacial score (nSPS) is 18.3. The summed E-state index contributed by atoms with van der Waals surface area (Å²) in [5, 5.41) is 4.71. The predicted octanol–water partition coefficient (Wildman–Crippen LogP) is 3.61. The molecule has 3 aliphatic rings. The molecule has 1 aromatic heterocycles. The largest absolute Gasteiger partial charge is 0.366 e. The first-order valence-electron chi connectivity index (χ1n) is 10.7. The lowest BCUT2D eigenvalue weighted by molar-refractivity contribution is 0.346. The van der Waals surface area contributed by atoms with Crippen LogP contribution in [0, 0.1) is 0 Å². The standard InChI is InChI=1S/C23H26N6/c1-2-6-21-17(5-1)7-10-29(21)23-18-13-20-22(14-19(18)24-15-25-23)28(16-26-20)12-11-27-8-3-4-9-27/h1-2,5-6,13-15,26H,3-4,7-12,16H2. The monoisotopic (exact) mass is 386 g/mol. The van der Waals surface area contributed by atoms with Crippen molar-refractivity contribution >= 4 is 33.8 Å². The smallest absolute Gasteiger partial charge is 0.144 e. The number of likely N-dealkylation sites (tertiary alicyclic amines) is 1. The first-order chi connectivity index (χ1) is 14.4. The van der Waals surface area contributed by atoms with E-state index in [1.54, 1.807) is 6.33 Å². The maximum atomic E-state index is 4.69. The van der Waals surface area contributed by atoms with Crippen molar-refractivity contribution in [3.05, 3.63) is 48.3 Å². The molecule has 3 aromatic rings. The fourth-order valence-corrected chi connectivity index (χ4v) is 4.99. The molecule has 148 valence electrons. The predicted molar refractivity (Wildman–Crippen MR) is 118 cm³/mol. The number of aromatic nitrogens is 2. The van der Waals surface area contributed by atoms with Crippen LogP contribution in [0.3, 0.4) is 0 Å². The van der Waals surface area contributed by atoms with Gasteiger partial charge in [0.25, 0.3) is 0 Å². The van der Waals surface area contributed by atoms with Gasteiger partial charge in [0.1, 0.15) is 12.1 Å². The molecule has 6 nitrogen and oxygen atoms in total. The van der Waals surface area contributed by atoms with Gasteiger partial charge in [-0.15, -0.1) is 0 Å². The lowest BCUT2D eigenvalue weighted by Gasteiger charge is -2.23. The number of rotatable bonds is 4. The van der Waals surface area contributed by atoms with E-state index in [0.29, 0.717) is 0 Å². The summed E-state index contributed by atoms with van der Waals surface area (Å²) >= 11 is 0. The van der Waals surface area contributed by atoms with Gasteiger partial charge in [-0.1, -0.05) is 18.2 Å². The minimum atomic E-state index is 0.870. The molecule has 2 aromatic carbocycles. The van der Waals surface area contributed by atoms with Crippen LogP contribution < -0.4 is 15.1 Å². The lowest BCUT2D eigenvalue weighted by Crippen LogP contribution is -2.33. The topological polar surface area (TPSA) is 47.5 Å². The summed E-state index contributed by atoms with van der Waals surface area (Å²) in [6.07, 6.45) is 5.47. The van der Waals surface area contributed by atoms with E-state index in [-0.39, 0.29) is 0 Å². The van der Waals surface area contributed by atoms with Crippen molar-refractivity contribution in [3.8, 4) is 0 Å². The highest BCUT2D eigenvalue weighted by molar-refractivity contribution is 5.99. The zero-order valence-electron chi connectivity index (χ0n) is 16.6. The van der Waals surface area contributed by atoms with Crippen LogP contribution in [-0.4, -0.2) is 54.3 Å². The molecule has 0 aliphatic carbocycles. The van der Waals surface area contributed by atoms with Crippen LogP contribution in [0.4, 0.5) is 22.9 Å². The highest BCUT2D eigenvalue weighted by Gasteiger charge is 2.25. The van der Waals surface area contributed by atoms with Gasteiger partial charge in [0, 0.05) is 30.7 Å². The Bertz CT molecular complexity index is 1060. The molecule has 3 aliphatic heterocycles. The number of hydrogen-bond acceptors (Lipinski definition) is 6. The molecule has 0 atom stereocenters. The third-order valence-electron chi connectivity index (χ3n) is 6.56. The minimum Gasteiger partial charge on any atom is -0.366 e. The Hall–Kier alpha value is -2.86. The van der Waals surface area contributed by atoms with Crippen molar-refractivity contribution in [1.82, 2.24) is 14.9 Å². The summed E-state index contributed by atoms with van der Waals surface area (Å²) in [5.74, 6) is 1.01. The second-order valence-electron chi connectivity index (χ2n) is 8.26. The maximum Gasteiger partial charge on any atom is 0.144 e. The maximum absolute atomic E-state index is 4.69. The van der Waals surface area contributed by atoms with E-state index < -0.39 is 0 Å². The SMILES string of the molecule is c1ccc2c(c1)CCN2c1ncnc2cc3c(cc12)NCN3CCN1CCCC1. The Balaban J connectivity index is 1.33. The van der Waals surface area contributed by atoms with Gasteiger partial charge in [0.2, 0.25) is 0 Å². The molecule has 0 unspecified atom stereocenters. The van der Waals surface area contributed by atoms with Crippen LogP contribution in [0.1, 0.15) is 18.4 Å². The zero-order valence-corrected chi connectivity index (χ0v) is 16.6. The molecule has 1 fully saturated rings. The molecule has 0 bridgehead atoms. The number of hydrogen-bond donors (Lipinski definition) is 1. The average Bonchev–Trinajstić information content (AvgIpc) is 3.50. The van der Waals surface area contributed by atoms with Gasteiger partial charge in [-0.3, -0.25) is 0 Å². The third kappa shape index (κ3) is 2.90. The molecule has 29 heavy (non-hydrogen) atoms. The molecule has 4 heterocycles. The molecule has 1 saturated heterocycles. The molecule has 0 saturated carbocycles. The molecule has 1 N–H and O–H groups in total. The summed E-state index contributed by atoms with van der Waals surface area (Å²) in [5.41, 5.74) is 6.15. The summed E-state index contributed by atoms with van der Waals surface area (Å²) in [6, 6.07) is 13.1. The van der Waals surface area contributed by atoms with Crippen LogP contribution in [0.5, 0.6) is 0 Å². The molecular formula is C23H26N6. The summed E-state index contributed by atoms with van der Waals surface area (Å²) in [4.78, 5) is 16.7. The highest BCUT2D eigenvalue weighted by atomic mass is 15.3. The molecule has 0 radical (unpaired) electrons. The lowest BCUT2D eigenvalue weighted by atomic mass is 10.1. The Morgan fingerprint density at radius 1 is 0.931 bits per heavy atom. The van der Waals surface area contributed by atoms with E-state index in [1.165, 1.54) is 48.6 Å². The molecular weight excluding hydrogens is 360 g/mol. The summed E-state index contributed by atoms with van der Waals surface area (Å²) in [7, 11) is 0. The number of anilines is 4. The van der Waals surface area contributed by atoms with Crippen molar-refractivity contribution in [1.29, 1.82) is 0 Å². The zero-order chi connectivity index (χ0) is 19.2. The van der Waals surface area contributed by atoms with Gasteiger partial charge >= 0.3 is 0 Å². The fourth-order valence-electron chi connectivity index (χ4n) is 4.99. The molecule has 0 spiro atoms. The van der Waals surface area contributed by atoms with E-state index in [2.05, 4.69) is 66.4 Å². The van der Waals surface area contributed by atoms with Crippen molar-refractivity contribution < 1.29 is 0 Å². The Morgan fingerprint density at radius 3 is 2.76 bits per heavy atom. The van der Waals surface area contributed by atoms with Gasteiger partial charge in [-0.2, -0.15) is 0 Å². The first kappa shape index (κ1) is 17.0. The van der Waals surface area contributed by atoms with Crippen molar-refractivity contribution in [3.63, 3.8) is 0 Å². The molecule has 0 amide bonds. The average molecular weight is 387 g/mol. The summed E-state index contributed by atoms with van der Waals surface area (Å²) < 4.78 is 0. The Morgan fingerprint density at radius 2 is 1.83 bits per heavy atom. The van der Waals surface area contributed by atoms with E-state index in [4.69, 9.17) is 0 Å². The van der Waals surface area contributed by atoms with E-state index in [1.807, 2.05) is 0 Å². The van der Waals surface area contributed by atoms with Gasteiger partial charge in [0.15, 0.2) is 0 Å². The van der Waals surface area contributed by atoms with E-state index in [0.717, 1.165) is 49.4 Å². The van der Waals surface area contributed by atoms with Gasteiger partial charge < -0.3 is 20.0 Å². The number of fused-ring (bicyclic) bond motifs is 3. The fraction of sp³-hybridized carbons (Fsp3) is 0.391. The second-order valence-corrected chi connectivity index (χ2v) is 8.26. The molecule has 6 heteroatoms. The van der Waals surface area contributed by atoms with Crippen molar-refractivity contribution in [2.24, 2.45) is 0 Å². The number of para-hydroxylation sites is 1. The van der Waals surface area contributed by atoms with Crippen molar-refractivity contribution in [2.75, 3.05) is 54.5 Å². The van der Waals surface area contributed by atoms with E-state index in [9.17, 15) is 0 Å². The Labute approximate surface area is 171 Å². The van der Waals surface area contributed by atoms with E-state index >= 15 is 0 Å². The molecule has 6 rings (SSSR count). The Kier molecular flexibility index (Phi) is 4.04. The van der Waals surface area contributed by atoms with Gasteiger partial charge in [0.05, 0.1) is 23.6 Å². The quantitative estimate of drug-likeness (QED) is 0.739. The summed E-state index contributed by atoms with van der Waals surface area (Å²) in [6.45, 7) is 6.54. The van der Waals surface area contributed by atoms with Crippen LogP contribution in [0.25, 0.3) is 10.9 Å². The van der Waals surface area contributed by atoms with Crippen LogP contribution in [0.2, 0.25) is 0 Å². The third-order valence-corrected chi connectivity index (χ3v) is 6.56.